The SMILES string of the molecule is CC(C)Oc1ccccc1C(O)CSc1ccccc1F. The van der Waals surface area contributed by atoms with Gasteiger partial charge in [-0.05, 0) is 32.0 Å². The van der Waals surface area contributed by atoms with Crippen LogP contribution in [0.4, 0.5) is 4.39 Å². The van der Waals surface area contributed by atoms with Crippen molar-refractivity contribution in [2.75, 3.05) is 5.75 Å². The van der Waals surface area contributed by atoms with Crippen molar-refractivity contribution in [1.29, 1.82) is 0 Å². The molecule has 0 saturated heterocycles. The third kappa shape index (κ3) is 4.48. The minimum absolute atomic E-state index is 0.0394. The second-order valence-electron chi connectivity index (χ2n) is 4.96. The molecule has 0 heterocycles. The van der Waals surface area contributed by atoms with E-state index in [2.05, 4.69) is 0 Å². The molecule has 2 rings (SSSR count). The van der Waals surface area contributed by atoms with Crippen LogP contribution in [0.5, 0.6) is 5.75 Å². The van der Waals surface area contributed by atoms with Gasteiger partial charge in [-0.3, -0.25) is 0 Å². The van der Waals surface area contributed by atoms with Crippen LogP contribution in [0.15, 0.2) is 53.4 Å². The number of hydrogen-bond donors (Lipinski definition) is 1. The summed E-state index contributed by atoms with van der Waals surface area (Å²) in [4.78, 5) is 0.541. The van der Waals surface area contributed by atoms with Crippen molar-refractivity contribution < 1.29 is 14.2 Å². The Morgan fingerprint density at radius 2 is 1.76 bits per heavy atom. The van der Waals surface area contributed by atoms with Gasteiger partial charge in [0, 0.05) is 16.2 Å². The molecule has 0 radical (unpaired) electrons. The Labute approximate surface area is 129 Å². The number of halogens is 1. The molecule has 0 aliphatic rings. The first-order valence-corrected chi connectivity index (χ1v) is 7.87. The monoisotopic (exact) mass is 306 g/mol. The van der Waals surface area contributed by atoms with Gasteiger partial charge >= 0.3 is 0 Å². The molecule has 0 aliphatic heterocycles. The fourth-order valence-corrected chi connectivity index (χ4v) is 2.84. The van der Waals surface area contributed by atoms with E-state index in [1.165, 1.54) is 17.8 Å². The maximum Gasteiger partial charge on any atom is 0.136 e. The second kappa shape index (κ2) is 7.48. The van der Waals surface area contributed by atoms with E-state index in [1.807, 2.05) is 38.1 Å². The Morgan fingerprint density at radius 3 is 2.48 bits per heavy atom. The van der Waals surface area contributed by atoms with E-state index in [0.717, 1.165) is 5.56 Å². The first-order chi connectivity index (χ1) is 10.1. The molecule has 0 bridgehead atoms. The van der Waals surface area contributed by atoms with Gasteiger partial charge in [-0.2, -0.15) is 0 Å². The topological polar surface area (TPSA) is 29.5 Å². The van der Waals surface area contributed by atoms with E-state index in [9.17, 15) is 9.50 Å². The third-order valence-corrected chi connectivity index (χ3v) is 4.00. The normalized spacial score (nSPS) is 12.4. The molecule has 1 N–H and O–H groups in total. The van der Waals surface area contributed by atoms with Crippen LogP contribution in [-0.2, 0) is 0 Å². The largest absolute Gasteiger partial charge is 0.491 e. The smallest absolute Gasteiger partial charge is 0.136 e. The lowest BCUT2D eigenvalue weighted by molar-refractivity contribution is 0.186. The standard InChI is InChI=1S/C17H19FO2S/c1-12(2)20-16-9-5-3-7-13(16)15(19)11-21-17-10-6-4-8-14(17)18/h3-10,12,15,19H,11H2,1-2H3. The summed E-state index contributed by atoms with van der Waals surface area (Å²) in [6.07, 6.45) is -0.665. The summed E-state index contributed by atoms with van der Waals surface area (Å²) in [5.74, 6) is 0.787. The van der Waals surface area contributed by atoms with Crippen LogP contribution >= 0.6 is 11.8 Å². The number of rotatable bonds is 6. The van der Waals surface area contributed by atoms with Crippen LogP contribution in [0.3, 0.4) is 0 Å². The van der Waals surface area contributed by atoms with Gasteiger partial charge < -0.3 is 9.84 Å². The lowest BCUT2D eigenvalue weighted by atomic mass is 10.1. The number of benzene rings is 2. The molecule has 0 spiro atoms. The fourth-order valence-electron chi connectivity index (χ4n) is 1.94. The molecular weight excluding hydrogens is 287 g/mol. The molecule has 0 aromatic heterocycles. The molecule has 2 nitrogen and oxygen atoms in total. The van der Waals surface area contributed by atoms with Crippen molar-refractivity contribution in [2.24, 2.45) is 0 Å². The van der Waals surface area contributed by atoms with Crippen LogP contribution in [0.2, 0.25) is 0 Å². The van der Waals surface area contributed by atoms with E-state index in [0.29, 0.717) is 16.4 Å². The predicted molar refractivity (Wildman–Crippen MR) is 84.3 cm³/mol. The average Bonchev–Trinajstić information content (AvgIpc) is 2.46. The highest BCUT2D eigenvalue weighted by molar-refractivity contribution is 7.99. The first-order valence-electron chi connectivity index (χ1n) is 6.89. The van der Waals surface area contributed by atoms with Crippen molar-refractivity contribution in [3.63, 3.8) is 0 Å². The molecule has 2 aromatic rings. The summed E-state index contributed by atoms with van der Waals surface area (Å²) in [5, 5.41) is 10.3. The van der Waals surface area contributed by atoms with E-state index in [-0.39, 0.29) is 11.9 Å². The Kier molecular flexibility index (Phi) is 5.65. The summed E-state index contributed by atoms with van der Waals surface area (Å²) in [6, 6.07) is 14.0. The van der Waals surface area contributed by atoms with Crippen molar-refractivity contribution >= 4 is 11.8 Å². The first kappa shape index (κ1) is 15.9. The quantitative estimate of drug-likeness (QED) is 0.800. The van der Waals surface area contributed by atoms with E-state index < -0.39 is 6.10 Å². The van der Waals surface area contributed by atoms with E-state index in [1.54, 1.807) is 18.2 Å². The maximum absolute atomic E-state index is 13.6. The van der Waals surface area contributed by atoms with Gasteiger partial charge in [-0.25, -0.2) is 4.39 Å². The molecule has 0 saturated carbocycles. The Bertz CT molecular complexity index is 587. The summed E-state index contributed by atoms with van der Waals surface area (Å²) < 4.78 is 19.3. The minimum Gasteiger partial charge on any atom is -0.491 e. The van der Waals surface area contributed by atoms with Crippen LogP contribution < -0.4 is 4.74 Å². The zero-order valence-electron chi connectivity index (χ0n) is 12.1. The predicted octanol–water partition coefficient (Wildman–Crippen LogP) is 4.44. The van der Waals surface area contributed by atoms with Crippen molar-refractivity contribution in [1.82, 2.24) is 0 Å². The molecule has 0 aliphatic carbocycles. The van der Waals surface area contributed by atoms with Gasteiger partial charge in [0.25, 0.3) is 0 Å². The molecule has 0 fully saturated rings. The summed E-state index contributed by atoms with van der Waals surface area (Å²) in [7, 11) is 0. The number of aliphatic hydroxyl groups excluding tert-OH is 1. The van der Waals surface area contributed by atoms with Crippen molar-refractivity contribution in [3.8, 4) is 5.75 Å². The van der Waals surface area contributed by atoms with Gasteiger partial charge in [-0.15, -0.1) is 11.8 Å². The Morgan fingerprint density at radius 1 is 1.10 bits per heavy atom. The van der Waals surface area contributed by atoms with Crippen molar-refractivity contribution in [3.05, 3.63) is 59.9 Å². The van der Waals surface area contributed by atoms with E-state index in [4.69, 9.17) is 4.74 Å². The number of thioether (sulfide) groups is 1. The van der Waals surface area contributed by atoms with Gasteiger partial charge in [0.2, 0.25) is 0 Å². The maximum atomic E-state index is 13.6. The van der Waals surface area contributed by atoms with Crippen LogP contribution in [0, 0.1) is 5.82 Å². The summed E-state index contributed by atoms with van der Waals surface area (Å²) >= 11 is 1.30. The van der Waals surface area contributed by atoms with Crippen molar-refractivity contribution in [2.45, 2.75) is 31.0 Å². The highest BCUT2D eigenvalue weighted by atomic mass is 32.2. The van der Waals surface area contributed by atoms with Gasteiger partial charge in [0.15, 0.2) is 0 Å². The number of ether oxygens (including phenoxy) is 1. The lowest BCUT2D eigenvalue weighted by Gasteiger charge is -2.18. The molecular formula is C17H19FO2S. The summed E-state index contributed by atoms with van der Waals surface area (Å²) in [5.41, 5.74) is 0.732. The Hall–Kier alpha value is -1.52. The molecule has 0 amide bonds. The molecule has 21 heavy (non-hydrogen) atoms. The number of para-hydroxylation sites is 1. The highest BCUT2D eigenvalue weighted by Crippen LogP contribution is 2.31. The van der Waals surface area contributed by atoms with Crippen LogP contribution in [-0.4, -0.2) is 17.0 Å². The molecule has 1 unspecified atom stereocenters. The summed E-state index contributed by atoms with van der Waals surface area (Å²) in [6.45, 7) is 3.88. The average molecular weight is 306 g/mol. The minimum atomic E-state index is -0.704. The second-order valence-corrected chi connectivity index (χ2v) is 6.02. The zero-order valence-corrected chi connectivity index (χ0v) is 12.9. The third-order valence-electron chi connectivity index (χ3n) is 2.87. The Balaban J connectivity index is 2.07. The highest BCUT2D eigenvalue weighted by Gasteiger charge is 2.15. The number of hydrogen-bond acceptors (Lipinski definition) is 3. The molecule has 112 valence electrons. The van der Waals surface area contributed by atoms with E-state index >= 15 is 0 Å². The number of aliphatic hydroxyl groups is 1. The molecule has 4 heteroatoms. The molecule has 2 aromatic carbocycles. The zero-order chi connectivity index (χ0) is 15.2. The van der Waals surface area contributed by atoms with Gasteiger partial charge in [0.1, 0.15) is 11.6 Å². The van der Waals surface area contributed by atoms with Crippen LogP contribution in [0.1, 0.15) is 25.5 Å². The molecule has 1 atom stereocenters. The van der Waals surface area contributed by atoms with Gasteiger partial charge in [-0.1, -0.05) is 30.3 Å². The van der Waals surface area contributed by atoms with Crippen LogP contribution in [0.25, 0.3) is 0 Å². The fraction of sp³-hybridized carbons (Fsp3) is 0.294. The lowest BCUT2D eigenvalue weighted by Crippen LogP contribution is -2.10. The van der Waals surface area contributed by atoms with Gasteiger partial charge in [0.05, 0.1) is 12.2 Å².